The van der Waals surface area contributed by atoms with E-state index in [1.54, 1.807) is 0 Å². The average molecular weight is 324 g/mol. The number of hydrogen-bond acceptors (Lipinski definition) is 4. The maximum atomic E-state index is 5.95. The summed E-state index contributed by atoms with van der Waals surface area (Å²) in [6, 6.07) is 12.2. The largest absolute Gasteiger partial charge is 0.399 e. The molecule has 0 atom stereocenters. The molecule has 0 aliphatic rings. The summed E-state index contributed by atoms with van der Waals surface area (Å²) in [6.07, 6.45) is 0. The molecule has 0 aromatic heterocycles. The lowest BCUT2D eigenvalue weighted by Crippen LogP contribution is -2.35. The van der Waals surface area contributed by atoms with Crippen LogP contribution in [0.25, 0.3) is 0 Å². The van der Waals surface area contributed by atoms with Crippen LogP contribution < -0.4 is 21.3 Å². The number of hydrogen-bond donors (Lipinski definition) is 2. The summed E-state index contributed by atoms with van der Waals surface area (Å²) in [7, 11) is 0. The third-order valence-electron chi connectivity index (χ3n) is 4.39. The summed E-state index contributed by atoms with van der Waals surface area (Å²) >= 11 is 0. The van der Waals surface area contributed by atoms with E-state index in [4.69, 9.17) is 11.5 Å². The number of nitrogens with two attached hydrogens (primary N) is 2. The zero-order valence-corrected chi connectivity index (χ0v) is 15.1. The molecule has 0 aliphatic heterocycles. The van der Waals surface area contributed by atoms with E-state index in [-0.39, 0.29) is 0 Å². The van der Waals surface area contributed by atoms with Gasteiger partial charge >= 0.3 is 0 Å². The molecule has 0 fully saturated rings. The molecule has 0 heterocycles. The minimum atomic E-state index is 0.807. The number of nitrogens with zero attached hydrogens (tertiary/aromatic N) is 2. The van der Waals surface area contributed by atoms with Crippen molar-refractivity contribution < 1.29 is 0 Å². The Kier molecular flexibility index (Phi) is 5.39. The summed E-state index contributed by atoms with van der Waals surface area (Å²) in [5.74, 6) is 0.938. The second-order valence-corrected chi connectivity index (χ2v) is 5.99. The van der Waals surface area contributed by atoms with Crippen LogP contribution in [-0.2, 0) is 0 Å². The van der Waals surface area contributed by atoms with Crippen molar-refractivity contribution in [2.24, 2.45) is 0 Å². The molecule has 0 spiro atoms. The molecule has 0 radical (unpaired) electrons. The van der Waals surface area contributed by atoms with Gasteiger partial charge < -0.3 is 21.3 Å². The molecule has 2 aromatic rings. The Morgan fingerprint density at radius 3 is 1.50 bits per heavy atom. The van der Waals surface area contributed by atoms with Crippen LogP contribution in [0.1, 0.15) is 25.0 Å². The molecule has 0 saturated carbocycles. The quantitative estimate of drug-likeness (QED) is 0.778. The first-order valence-corrected chi connectivity index (χ1v) is 8.35. The van der Waals surface area contributed by atoms with Crippen LogP contribution in [0.5, 0.6) is 0 Å². The van der Waals surface area contributed by atoms with Crippen molar-refractivity contribution in [2.45, 2.75) is 27.7 Å². The topological polar surface area (TPSA) is 58.5 Å². The van der Waals surface area contributed by atoms with Crippen LogP contribution in [0.3, 0.4) is 0 Å². The number of anilines is 4. The Bertz CT molecular complexity index is 675. The zero-order chi connectivity index (χ0) is 17.9. The van der Waals surface area contributed by atoms with Gasteiger partial charge in [-0.3, -0.25) is 0 Å². The van der Waals surface area contributed by atoms with Gasteiger partial charge in [-0.15, -0.1) is 0 Å². The molecule has 2 aromatic carbocycles. The molecule has 0 bridgehead atoms. The number of rotatable bonds is 6. The Balaban J connectivity index is 2.37. The molecule has 0 unspecified atom stereocenters. The first-order chi connectivity index (χ1) is 11.4. The van der Waals surface area contributed by atoms with Crippen molar-refractivity contribution in [1.82, 2.24) is 0 Å². The highest BCUT2D eigenvalue weighted by Gasteiger charge is 2.16. The van der Waals surface area contributed by atoms with Crippen LogP contribution in [0.4, 0.5) is 22.7 Å². The average Bonchev–Trinajstić information content (AvgIpc) is 2.55. The van der Waals surface area contributed by atoms with E-state index in [0.29, 0.717) is 0 Å². The van der Waals surface area contributed by atoms with Crippen molar-refractivity contribution in [1.29, 1.82) is 0 Å². The van der Waals surface area contributed by atoms with Gasteiger partial charge in [-0.2, -0.15) is 0 Å². The molecule has 24 heavy (non-hydrogen) atoms. The molecular formula is C20H28N4. The molecule has 0 amide bonds. The molecule has 0 saturated heterocycles. The van der Waals surface area contributed by atoms with Gasteiger partial charge in [0.15, 0.2) is 0 Å². The predicted molar refractivity (Wildman–Crippen MR) is 106 cm³/mol. The highest BCUT2D eigenvalue weighted by molar-refractivity contribution is 5.66. The van der Waals surface area contributed by atoms with Crippen LogP contribution >= 0.6 is 0 Å². The maximum Gasteiger partial charge on any atom is 0.105 e. The highest BCUT2D eigenvalue weighted by atomic mass is 15.3. The van der Waals surface area contributed by atoms with Gasteiger partial charge in [0.25, 0.3) is 0 Å². The molecule has 0 aliphatic carbocycles. The van der Waals surface area contributed by atoms with Gasteiger partial charge in [0.1, 0.15) is 5.82 Å². The van der Waals surface area contributed by atoms with E-state index >= 15 is 0 Å². The second kappa shape index (κ2) is 7.30. The van der Waals surface area contributed by atoms with E-state index in [1.165, 1.54) is 0 Å². The van der Waals surface area contributed by atoms with E-state index in [1.807, 2.05) is 38.1 Å². The SMILES string of the molecule is C=C(N(CC)c1ccc(N)c(C)c1)N(CC)c1ccc(N)c(C)c1. The second-order valence-electron chi connectivity index (χ2n) is 5.99. The minimum absolute atomic E-state index is 0.807. The fourth-order valence-electron chi connectivity index (χ4n) is 2.83. The van der Waals surface area contributed by atoms with Crippen molar-refractivity contribution in [3.63, 3.8) is 0 Å². The molecule has 2 rings (SSSR count). The number of benzene rings is 2. The maximum absolute atomic E-state index is 5.95. The number of aryl methyl sites for hydroxylation is 2. The Hall–Kier alpha value is -2.62. The van der Waals surface area contributed by atoms with E-state index < -0.39 is 0 Å². The zero-order valence-electron chi connectivity index (χ0n) is 15.1. The summed E-state index contributed by atoms with van der Waals surface area (Å²) in [5, 5.41) is 0. The van der Waals surface area contributed by atoms with Crippen molar-refractivity contribution >= 4 is 22.7 Å². The van der Waals surface area contributed by atoms with Gasteiger partial charge in [-0.1, -0.05) is 6.58 Å². The van der Waals surface area contributed by atoms with Gasteiger partial charge in [0, 0.05) is 35.8 Å². The smallest absolute Gasteiger partial charge is 0.105 e. The minimum Gasteiger partial charge on any atom is -0.399 e. The van der Waals surface area contributed by atoms with E-state index in [9.17, 15) is 0 Å². The van der Waals surface area contributed by atoms with Gasteiger partial charge in [-0.05, 0) is 75.2 Å². The van der Waals surface area contributed by atoms with E-state index in [0.717, 1.165) is 52.8 Å². The molecular weight excluding hydrogens is 296 g/mol. The first kappa shape index (κ1) is 17.7. The Morgan fingerprint density at radius 2 is 1.21 bits per heavy atom. The Morgan fingerprint density at radius 1 is 0.833 bits per heavy atom. The van der Waals surface area contributed by atoms with Crippen molar-refractivity contribution in [3.8, 4) is 0 Å². The standard InChI is InChI=1S/C20H28N4/c1-6-23(17-8-10-19(21)14(3)12-17)16(5)24(7-2)18-9-11-20(22)15(4)13-18/h8-13H,5-7,21-22H2,1-4H3. The predicted octanol–water partition coefficient (Wildman–Crippen LogP) is 4.29. The van der Waals surface area contributed by atoms with Crippen LogP contribution in [0, 0.1) is 13.8 Å². The fraction of sp³-hybridized carbons (Fsp3) is 0.300. The lowest BCUT2D eigenvalue weighted by atomic mass is 10.1. The van der Waals surface area contributed by atoms with Crippen LogP contribution in [0.2, 0.25) is 0 Å². The normalized spacial score (nSPS) is 10.5. The lowest BCUT2D eigenvalue weighted by Gasteiger charge is -2.34. The first-order valence-electron chi connectivity index (χ1n) is 8.35. The summed E-state index contributed by atoms with van der Waals surface area (Å²) in [4.78, 5) is 4.39. The molecule has 4 heteroatoms. The van der Waals surface area contributed by atoms with Crippen LogP contribution in [0.15, 0.2) is 48.8 Å². The van der Waals surface area contributed by atoms with Crippen molar-refractivity contribution in [2.75, 3.05) is 34.4 Å². The summed E-state index contributed by atoms with van der Waals surface area (Å²) < 4.78 is 0. The molecule has 4 N–H and O–H groups in total. The summed E-state index contributed by atoms with van der Waals surface area (Å²) in [6.45, 7) is 14.3. The molecule has 128 valence electrons. The fourth-order valence-corrected chi connectivity index (χ4v) is 2.83. The number of nitrogen functional groups attached to an aromatic ring is 2. The van der Waals surface area contributed by atoms with Gasteiger partial charge in [-0.25, -0.2) is 0 Å². The van der Waals surface area contributed by atoms with Crippen molar-refractivity contribution in [3.05, 3.63) is 59.9 Å². The monoisotopic (exact) mass is 324 g/mol. The van der Waals surface area contributed by atoms with Gasteiger partial charge in [0.05, 0.1) is 0 Å². The third kappa shape index (κ3) is 3.48. The van der Waals surface area contributed by atoms with Gasteiger partial charge in [0.2, 0.25) is 0 Å². The third-order valence-corrected chi connectivity index (χ3v) is 4.39. The van der Waals surface area contributed by atoms with E-state index in [2.05, 4.69) is 42.4 Å². The Labute approximate surface area is 145 Å². The van der Waals surface area contributed by atoms with Crippen LogP contribution in [-0.4, -0.2) is 13.1 Å². The summed E-state index contributed by atoms with van der Waals surface area (Å²) in [5.41, 5.74) is 17.9. The lowest BCUT2D eigenvalue weighted by molar-refractivity contribution is 0.853. The molecule has 4 nitrogen and oxygen atoms in total. The highest BCUT2D eigenvalue weighted by Crippen LogP contribution is 2.28.